The maximum Gasteiger partial charge on any atom is 0.274 e. The van der Waals surface area contributed by atoms with Crippen LogP contribution in [0.2, 0.25) is 0 Å². The molecule has 1 atom stereocenters. The van der Waals surface area contributed by atoms with Gasteiger partial charge < -0.3 is 5.32 Å². The second kappa shape index (κ2) is 2.15. The Morgan fingerprint density at radius 3 is 2.00 bits per heavy atom. The van der Waals surface area contributed by atoms with Crippen LogP contribution in [0, 0.1) is 0 Å². The third kappa shape index (κ3) is 1.09. The van der Waals surface area contributed by atoms with E-state index < -0.39 is 12.0 Å². The Balaban J connectivity index is 0.000000490. The fourth-order valence-corrected chi connectivity index (χ4v) is 0.460. The maximum atomic E-state index is 11.9. The number of hydrogen-bond donors (Lipinski definition) is 1. The van der Waals surface area contributed by atoms with Crippen LogP contribution in [0.4, 0.5) is 8.78 Å². The Morgan fingerprint density at radius 2 is 2.00 bits per heavy atom. The van der Waals surface area contributed by atoms with Crippen LogP contribution in [-0.2, 0) is 0 Å². The molecule has 1 fully saturated rings. The Kier molecular flexibility index (Phi) is 2.18. The molecule has 0 aromatic rings. The summed E-state index contributed by atoms with van der Waals surface area (Å²) in [5.74, 6) is -2.43. The fraction of sp³-hybridized carbons (Fsp3) is 1.00. The van der Waals surface area contributed by atoms with Crippen LogP contribution in [0.25, 0.3) is 0 Å². The van der Waals surface area contributed by atoms with Crippen LogP contribution >= 0.6 is 12.4 Å². The predicted octanol–water partition coefficient (Wildman–Crippen LogP) is 1.04. The van der Waals surface area contributed by atoms with Crippen molar-refractivity contribution >= 4 is 12.4 Å². The van der Waals surface area contributed by atoms with Crippen molar-refractivity contribution < 1.29 is 8.78 Å². The lowest BCUT2D eigenvalue weighted by Gasteiger charge is -2.34. The van der Waals surface area contributed by atoms with E-state index in [4.69, 9.17) is 0 Å². The molecule has 1 rings (SSSR count). The van der Waals surface area contributed by atoms with Crippen LogP contribution < -0.4 is 5.32 Å². The second-order valence-corrected chi connectivity index (χ2v) is 1.86. The quantitative estimate of drug-likeness (QED) is 0.534. The SMILES string of the molecule is CC1NCC1(F)F.Cl. The average molecular weight is 144 g/mol. The maximum absolute atomic E-state index is 11.9. The molecule has 1 heterocycles. The van der Waals surface area contributed by atoms with Gasteiger partial charge in [-0.3, -0.25) is 0 Å². The number of alkyl halides is 2. The third-order valence-corrected chi connectivity index (χ3v) is 1.28. The monoisotopic (exact) mass is 143 g/mol. The lowest BCUT2D eigenvalue weighted by Crippen LogP contribution is -2.60. The molecular weight excluding hydrogens is 136 g/mol. The standard InChI is InChI=1S/C4H7F2N.ClH/c1-3-4(5,6)2-7-3;/h3,7H,2H2,1H3;1H. The zero-order valence-electron chi connectivity index (χ0n) is 4.45. The molecule has 0 aliphatic carbocycles. The average Bonchev–Trinajstić information content (AvgIpc) is 1.63. The highest BCUT2D eigenvalue weighted by atomic mass is 35.5. The Bertz CT molecular complexity index is 86.1. The van der Waals surface area contributed by atoms with Crippen LogP contribution in [0.3, 0.4) is 0 Å². The van der Waals surface area contributed by atoms with Crippen LogP contribution in [0.5, 0.6) is 0 Å². The van der Waals surface area contributed by atoms with E-state index in [1.165, 1.54) is 6.92 Å². The summed E-state index contributed by atoms with van der Waals surface area (Å²) >= 11 is 0. The summed E-state index contributed by atoms with van der Waals surface area (Å²) in [6.45, 7) is 1.33. The van der Waals surface area contributed by atoms with Gasteiger partial charge in [-0.05, 0) is 6.92 Å². The summed E-state index contributed by atoms with van der Waals surface area (Å²) in [4.78, 5) is 0. The molecule has 0 bridgehead atoms. The van der Waals surface area contributed by atoms with Crippen molar-refractivity contribution in [2.24, 2.45) is 0 Å². The normalized spacial score (nSPS) is 32.6. The molecule has 0 saturated carbocycles. The van der Waals surface area contributed by atoms with E-state index in [1.807, 2.05) is 0 Å². The van der Waals surface area contributed by atoms with Crippen molar-refractivity contribution in [3.05, 3.63) is 0 Å². The number of rotatable bonds is 0. The van der Waals surface area contributed by atoms with Crippen LogP contribution in [0.15, 0.2) is 0 Å². The first kappa shape index (κ1) is 8.11. The van der Waals surface area contributed by atoms with E-state index in [0.29, 0.717) is 0 Å². The smallest absolute Gasteiger partial charge is 0.274 e. The van der Waals surface area contributed by atoms with Gasteiger partial charge in [-0.25, -0.2) is 8.78 Å². The van der Waals surface area contributed by atoms with E-state index >= 15 is 0 Å². The van der Waals surface area contributed by atoms with Gasteiger partial charge in [0.05, 0.1) is 12.6 Å². The first-order valence-electron chi connectivity index (χ1n) is 2.24. The van der Waals surface area contributed by atoms with Crippen molar-refractivity contribution in [2.75, 3.05) is 6.54 Å². The highest BCUT2D eigenvalue weighted by molar-refractivity contribution is 5.85. The van der Waals surface area contributed by atoms with Crippen molar-refractivity contribution in [1.29, 1.82) is 0 Å². The molecule has 8 heavy (non-hydrogen) atoms. The number of nitrogens with one attached hydrogen (secondary N) is 1. The van der Waals surface area contributed by atoms with Crippen LogP contribution in [0.1, 0.15) is 6.92 Å². The molecule has 1 saturated heterocycles. The van der Waals surface area contributed by atoms with Gasteiger partial charge in [0.15, 0.2) is 0 Å². The molecule has 0 aromatic heterocycles. The predicted molar refractivity (Wildman–Crippen MR) is 29.7 cm³/mol. The van der Waals surface area contributed by atoms with E-state index in [0.717, 1.165) is 0 Å². The minimum atomic E-state index is -2.43. The number of hydrogen-bond acceptors (Lipinski definition) is 1. The molecule has 1 nitrogen and oxygen atoms in total. The zero-order chi connectivity index (χ0) is 5.49. The first-order chi connectivity index (χ1) is 3.13. The van der Waals surface area contributed by atoms with E-state index in [1.54, 1.807) is 0 Å². The highest BCUT2D eigenvalue weighted by Crippen LogP contribution is 2.24. The highest BCUT2D eigenvalue weighted by Gasteiger charge is 2.44. The van der Waals surface area contributed by atoms with Crippen molar-refractivity contribution in [3.63, 3.8) is 0 Å². The molecular formula is C4H8ClF2N. The topological polar surface area (TPSA) is 12.0 Å². The summed E-state index contributed by atoms with van der Waals surface area (Å²) in [5.41, 5.74) is 0. The Hall–Kier alpha value is 0.110. The second-order valence-electron chi connectivity index (χ2n) is 1.86. The first-order valence-corrected chi connectivity index (χ1v) is 2.24. The molecule has 0 aromatic carbocycles. The van der Waals surface area contributed by atoms with Crippen molar-refractivity contribution in [1.82, 2.24) is 5.32 Å². The van der Waals surface area contributed by atoms with E-state index in [2.05, 4.69) is 5.32 Å². The van der Waals surface area contributed by atoms with Gasteiger partial charge in [0.1, 0.15) is 0 Å². The lowest BCUT2D eigenvalue weighted by atomic mass is 10.1. The van der Waals surface area contributed by atoms with Gasteiger partial charge in [-0.1, -0.05) is 0 Å². The molecule has 1 N–H and O–H groups in total. The summed E-state index contributed by atoms with van der Waals surface area (Å²) in [5, 5.41) is 2.55. The van der Waals surface area contributed by atoms with Crippen LogP contribution in [-0.4, -0.2) is 18.5 Å². The molecule has 1 aliphatic heterocycles. The Morgan fingerprint density at radius 1 is 1.62 bits per heavy atom. The van der Waals surface area contributed by atoms with Gasteiger partial charge >= 0.3 is 0 Å². The van der Waals surface area contributed by atoms with Gasteiger partial charge in [-0.2, -0.15) is 0 Å². The molecule has 0 amide bonds. The van der Waals surface area contributed by atoms with Gasteiger partial charge in [0.25, 0.3) is 5.92 Å². The fourth-order valence-electron chi connectivity index (χ4n) is 0.460. The molecule has 4 heteroatoms. The Labute approximate surface area is 52.9 Å². The van der Waals surface area contributed by atoms with Crippen molar-refractivity contribution in [3.8, 4) is 0 Å². The van der Waals surface area contributed by atoms with Gasteiger partial charge in [0.2, 0.25) is 0 Å². The minimum Gasteiger partial charge on any atom is -0.303 e. The van der Waals surface area contributed by atoms with Crippen molar-refractivity contribution in [2.45, 2.75) is 18.9 Å². The lowest BCUT2D eigenvalue weighted by molar-refractivity contribution is -0.0880. The summed E-state index contributed by atoms with van der Waals surface area (Å²) in [6, 6.07) is -0.604. The summed E-state index contributed by atoms with van der Waals surface area (Å²) < 4.78 is 23.7. The van der Waals surface area contributed by atoms with Gasteiger partial charge in [-0.15, -0.1) is 12.4 Å². The summed E-state index contributed by atoms with van der Waals surface area (Å²) in [7, 11) is 0. The minimum absolute atomic E-state index is 0. The van der Waals surface area contributed by atoms with Gasteiger partial charge in [0, 0.05) is 0 Å². The largest absolute Gasteiger partial charge is 0.303 e. The molecule has 0 spiro atoms. The molecule has 50 valence electrons. The molecule has 1 unspecified atom stereocenters. The van der Waals surface area contributed by atoms with E-state index in [9.17, 15) is 8.78 Å². The number of halogens is 3. The molecule has 1 aliphatic rings. The van der Waals surface area contributed by atoms with E-state index in [-0.39, 0.29) is 19.0 Å². The zero-order valence-corrected chi connectivity index (χ0v) is 5.27. The summed E-state index contributed by atoms with van der Waals surface area (Å²) in [6.07, 6.45) is 0. The molecule has 0 radical (unpaired) electrons. The third-order valence-electron chi connectivity index (χ3n) is 1.28.